The summed E-state index contributed by atoms with van der Waals surface area (Å²) in [5.41, 5.74) is 2.72. The molecule has 0 atom stereocenters. The van der Waals surface area contributed by atoms with Gasteiger partial charge in [0.05, 0.1) is 6.61 Å². The molecule has 0 heterocycles. The molecule has 1 aromatic carbocycles. The number of nitrogen functional groups attached to an aromatic ring is 1. The number of hydrogen-bond acceptors (Lipinski definition) is 3. The monoisotopic (exact) mass is 251 g/mol. The third kappa shape index (κ3) is 4.65. The summed E-state index contributed by atoms with van der Waals surface area (Å²) in [4.78, 5) is 0. The molecule has 0 aliphatic rings. The van der Waals surface area contributed by atoms with Gasteiger partial charge >= 0.3 is 5.51 Å². The predicted molar refractivity (Wildman–Crippen MR) is 59.6 cm³/mol. The van der Waals surface area contributed by atoms with Crippen molar-refractivity contribution in [1.82, 2.24) is 0 Å². The molecule has 16 heavy (non-hydrogen) atoms. The van der Waals surface area contributed by atoms with Crippen molar-refractivity contribution in [3.63, 3.8) is 0 Å². The molecule has 0 aliphatic heterocycles. The summed E-state index contributed by atoms with van der Waals surface area (Å²) >= 11 is -0.0934. The van der Waals surface area contributed by atoms with E-state index in [-0.39, 0.29) is 24.1 Å². The first kappa shape index (κ1) is 13.0. The first-order valence-corrected chi connectivity index (χ1v) is 5.56. The molecule has 0 saturated carbocycles. The highest BCUT2D eigenvalue weighted by Gasteiger charge is 2.27. The number of halogens is 3. The van der Waals surface area contributed by atoms with Crippen molar-refractivity contribution in [2.45, 2.75) is 12.4 Å². The summed E-state index contributed by atoms with van der Waals surface area (Å²) < 4.78 is 40.6. The molecule has 0 saturated heterocycles. The van der Waals surface area contributed by atoms with E-state index in [4.69, 9.17) is 10.5 Å². The zero-order chi connectivity index (χ0) is 12.2. The van der Waals surface area contributed by atoms with E-state index in [1.807, 2.05) is 6.92 Å². The molecule has 0 fully saturated rings. The summed E-state index contributed by atoms with van der Waals surface area (Å²) in [5, 5.41) is 0. The molecular formula is C10H12F3NOS. The van der Waals surface area contributed by atoms with Crippen molar-refractivity contribution in [3.05, 3.63) is 23.8 Å². The summed E-state index contributed by atoms with van der Waals surface area (Å²) in [7, 11) is 0. The average molecular weight is 251 g/mol. The number of anilines is 1. The van der Waals surface area contributed by atoms with Crippen LogP contribution in [0.15, 0.2) is 18.2 Å². The third-order valence-electron chi connectivity index (χ3n) is 1.82. The minimum atomic E-state index is -4.20. The van der Waals surface area contributed by atoms with Gasteiger partial charge in [-0.3, -0.25) is 0 Å². The fraction of sp³-hybridized carbons (Fsp3) is 0.400. The first-order chi connectivity index (χ1) is 7.38. The first-order valence-electron chi connectivity index (χ1n) is 4.58. The number of benzene rings is 1. The number of ether oxygens (including phenoxy) is 1. The second-order valence-electron chi connectivity index (χ2n) is 3.17. The quantitative estimate of drug-likeness (QED) is 0.659. The lowest BCUT2D eigenvalue weighted by molar-refractivity contribution is -0.0329. The molecule has 90 valence electrons. The topological polar surface area (TPSA) is 35.2 Å². The van der Waals surface area contributed by atoms with E-state index in [2.05, 4.69) is 0 Å². The van der Waals surface area contributed by atoms with Gasteiger partial charge in [-0.05, 0) is 30.3 Å². The van der Waals surface area contributed by atoms with Crippen molar-refractivity contribution in [2.75, 3.05) is 18.1 Å². The summed E-state index contributed by atoms with van der Waals surface area (Å²) in [6.07, 6.45) is 0. The lowest BCUT2D eigenvalue weighted by atomic mass is 10.2. The Kier molecular flexibility index (Phi) is 4.35. The Morgan fingerprint density at radius 2 is 2.06 bits per heavy atom. The molecule has 0 radical (unpaired) electrons. The van der Waals surface area contributed by atoms with E-state index in [0.29, 0.717) is 11.4 Å². The number of rotatable bonds is 4. The molecule has 6 heteroatoms. The Morgan fingerprint density at radius 1 is 1.38 bits per heavy atom. The maximum atomic E-state index is 11.8. The van der Waals surface area contributed by atoms with Crippen LogP contribution in [0.1, 0.15) is 5.56 Å². The maximum absolute atomic E-state index is 11.8. The van der Waals surface area contributed by atoms with Crippen LogP contribution in [0.5, 0.6) is 5.75 Å². The molecule has 0 aliphatic carbocycles. The van der Waals surface area contributed by atoms with Crippen LogP contribution in [0.3, 0.4) is 0 Å². The Bertz CT molecular complexity index is 354. The van der Waals surface area contributed by atoms with Gasteiger partial charge in [0.25, 0.3) is 0 Å². The molecule has 0 amide bonds. The van der Waals surface area contributed by atoms with E-state index >= 15 is 0 Å². The van der Waals surface area contributed by atoms with E-state index in [1.165, 1.54) is 0 Å². The largest absolute Gasteiger partial charge is 0.492 e. The van der Waals surface area contributed by atoms with Gasteiger partial charge in [-0.1, -0.05) is 6.07 Å². The fourth-order valence-corrected chi connectivity index (χ4v) is 1.48. The van der Waals surface area contributed by atoms with Crippen LogP contribution >= 0.6 is 11.8 Å². The predicted octanol–water partition coefficient (Wildman–Crippen LogP) is 3.21. The Morgan fingerprint density at radius 3 is 2.69 bits per heavy atom. The standard InChI is InChI=1S/C10H12F3NOS/c1-7-2-3-8(14)6-9(7)15-4-5-16-10(11,12)13/h2-3,6H,4-5,14H2,1H3. The summed E-state index contributed by atoms with van der Waals surface area (Å²) in [6, 6.07) is 5.09. The van der Waals surface area contributed by atoms with Gasteiger partial charge in [0.1, 0.15) is 5.75 Å². The molecule has 1 aromatic rings. The van der Waals surface area contributed by atoms with Gasteiger partial charge in [0.15, 0.2) is 0 Å². The minimum absolute atomic E-state index is 0.00840. The van der Waals surface area contributed by atoms with Crippen molar-refractivity contribution in [2.24, 2.45) is 0 Å². The average Bonchev–Trinajstić information content (AvgIpc) is 2.16. The normalized spacial score (nSPS) is 11.5. The van der Waals surface area contributed by atoms with Gasteiger partial charge < -0.3 is 10.5 Å². The lowest BCUT2D eigenvalue weighted by Gasteiger charge is -2.10. The minimum Gasteiger partial charge on any atom is -0.492 e. The molecule has 2 N–H and O–H groups in total. The van der Waals surface area contributed by atoms with Crippen LogP contribution in [0.25, 0.3) is 0 Å². The third-order valence-corrected chi connectivity index (χ3v) is 2.52. The molecule has 0 spiro atoms. The number of aryl methyl sites for hydroxylation is 1. The van der Waals surface area contributed by atoms with Crippen molar-refractivity contribution in [1.29, 1.82) is 0 Å². The Balaban J connectivity index is 2.40. The van der Waals surface area contributed by atoms with Crippen LogP contribution in [-0.4, -0.2) is 17.9 Å². The zero-order valence-electron chi connectivity index (χ0n) is 8.67. The smallest absolute Gasteiger partial charge is 0.441 e. The van der Waals surface area contributed by atoms with E-state index in [0.717, 1.165) is 5.56 Å². The van der Waals surface area contributed by atoms with Crippen molar-refractivity contribution >= 4 is 17.4 Å². The van der Waals surface area contributed by atoms with E-state index in [9.17, 15) is 13.2 Å². The van der Waals surface area contributed by atoms with Gasteiger partial charge in [0.2, 0.25) is 0 Å². The van der Waals surface area contributed by atoms with Crippen LogP contribution in [-0.2, 0) is 0 Å². The maximum Gasteiger partial charge on any atom is 0.441 e. The molecule has 2 nitrogen and oxygen atoms in total. The highest BCUT2D eigenvalue weighted by Crippen LogP contribution is 2.30. The molecule has 0 unspecified atom stereocenters. The second-order valence-corrected chi connectivity index (χ2v) is 4.33. The lowest BCUT2D eigenvalue weighted by Crippen LogP contribution is -2.08. The molecular weight excluding hydrogens is 239 g/mol. The number of hydrogen-bond donors (Lipinski definition) is 1. The fourth-order valence-electron chi connectivity index (χ4n) is 1.08. The van der Waals surface area contributed by atoms with Crippen LogP contribution in [0.4, 0.5) is 18.9 Å². The highest BCUT2D eigenvalue weighted by atomic mass is 32.2. The van der Waals surface area contributed by atoms with Gasteiger partial charge in [-0.25, -0.2) is 0 Å². The van der Waals surface area contributed by atoms with Crippen molar-refractivity contribution in [3.8, 4) is 5.75 Å². The second kappa shape index (κ2) is 5.34. The SMILES string of the molecule is Cc1ccc(N)cc1OCCSC(F)(F)F. The molecule has 0 aromatic heterocycles. The van der Waals surface area contributed by atoms with Crippen LogP contribution in [0, 0.1) is 6.92 Å². The Hall–Kier alpha value is -1.04. The van der Waals surface area contributed by atoms with Gasteiger partial charge in [-0.15, -0.1) is 0 Å². The van der Waals surface area contributed by atoms with E-state index in [1.54, 1.807) is 18.2 Å². The molecule has 1 rings (SSSR count). The number of alkyl halides is 3. The number of thioether (sulfide) groups is 1. The number of nitrogens with two attached hydrogens (primary N) is 1. The summed E-state index contributed by atoms with van der Waals surface area (Å²) in [5.74, 6) is 0.403. The van der Waals surface area contributed by atoms with Crippen molar-refractivity contribution < 1.29 is 17.9 Å². The van der Waals surface area contributed by atoms with Crippen LogP contribution in [0.2, 0.25) is 0 Å². The molecule has 0 bridgehead atoms. The van der Waals surface area contributed by atoms with Gasteiger partial charge in [0, 0.05) is 17.5 Å². The summed E-state index contributed by atoms with van der Waals surface area (Å²) in [6.45, 7) is 1.82. The Labute approximate surface area is 96.0 Å². The van der Waals surface area contributed by atoms with E-state index < -0.39 is 5.51 Å². The van der Waals surface area contributed by atoms with Crippen LogP contribution < -0.4 is 10.5 Å². The zero-order valence-corrected chi connectivity index (χ0v) is 9.49. The van der Waals surface area contributed by atoms with Gasteiger partial charge in [-0.2, -0.15) is 13.2 Å². The highest BCUT2D eigenvalue weighted by molar-refractivity contribution is 8.00.